The van der Waals surface area contributed by atoms with Crippen LogP contribution in [0.15, 0.2) is 0 Å². The quantitative estimate of drug-likeness (QED) is 0.178. The van der Waals surface area contributed by atoms with Gasteiger partial charge in [-0.1, -0.05) is 48.8 Å². The van der Waals surface area contributed by atoms with E-state index >= 15 is 0 Å². The molecule has 0 N–H and O–H groups in total. The van der Waals surface area contributed by atoms with Crippen molar-refractivity contribution in [2.24, 2.45) is 0 Å². The minimum atomic E-state index is 0.601. The van der Waals surface area contributed by atoms with Gasteiger partial charge in [-0.2, -0.15) is 0 Å². The Bertz CT molecular complexity index is 175. The summed E-state index contributed by atoms with van der Waals surface area (Å²) in [5.74, 6) is 0. The molecule has 0 aliphatic heterocycles. The fourth-order valence-electron chi connectivity index (χ4n) is 1.67. The molecule has 0 aromatic carbocycles. The third-order valence-corrected chi connectivity index (χ3v) is 3.29. The van der Waals surface area contributed by atoms with Crippen LogP contribution in [-0.4, -0.2) is 70.5 Å². The predicted molar refractivity (Wildman–Crippen MR) is 97.1 cm³/mol. The number of halogens is 1. The number of ether oxygens (including phenoxy) is 5. The standard InChI is InChI=1S/C16H33IO5/c1-2-3-4-5-7-18-9-11-20-13-15-22-16-14-21-12-10-19-8-6-17/h2-16H2,1H3. The summed E-state index contributed by atoms with van der Waals surface area (Å²) in [4.78, 5) is 0. The lowest BCUT2D eigenvalue weighted by Crippen LogP contribution is -2.13. The summed E-state index contributed by atoms with van der Waals surface area (Å²) in [7, 11) is 0. The number of rotatable bonds is 19. The van der Waals surface area contributed by atoms with E-state index in [1.165, 1.54) is 19.3 Å². The molecule has 0 saturated carbocycles. The Hall–Kier alpha value is 0.530. The van der Waals surface area contributed by atoms with E-state index in [1.807, 2.05) is 0 Å². The molecule has 0 saturated heterocycles. The summed E-state index contributed by atoms with van der Waals surface area (Å²) < 4.78 is 28.0. The van der Waals surface area contributed by atoms with Gasteiger partial charge in [0.15, 0.2) is 0 Å². The van der Waals surface area contributed by atoms with Crippen LogP contribution in [0.1, 0.15) is 32.6 Å². The average Bonchev–Trinajstić information content (AvgIpc) is 2.54. The zero-order valence-electron chi connectivity index (χ0n) is 14.0. The molecule has 0 unspecified atom stereocenters. The molecule has 0 fully saturated rings. The first-order chi connectivity index (χ1) is 10.9. The van der Waals surface area contributed by atoms with Crippen molar-refractivity contribution >= 4 is 22.6 Å². The van der Waals surface area contributed by atoms with Gasteiger partial charge < -0.3 is 23.7 Å². The molecule has 0 amide bonds. The number of alkyl halides is 1. The first kappa shape index (κ1) is 22.5. The largest absolute Gasteiger partial charge is 0.379 e. The topological polar surface area (TPSA) is 46.2 Å². The molecule has 0 radical (unpaired) electrons. The van der Waals surface area contributed by atoms with Gasteiger partial charge in [-0.25, -0.2) is 0 Å². The molecule has 6 heteroatoms. The fraction of sp³-hybridized carbons (Fsp3) is 1.00. The van der Waals surface area contributed by atoms with E-state index < -0.39 is 0 Å². The van der Waals surface area contributed by atoms with Gasteiger partial charge in [0.05, 0.1) is 59.5 Å². The lowest BCUT2D eigenvalue weighted by Gasteiger charge is -2.07. The van der Waals surface area contributed by atoms with Crippen LogP contribution in [0.4, 0.5) is 0 Å². The Morgan fingerprint density at radius 3 is 1.32 bits per heavy atom. The maximum absolute atomic E-state index is 5.48. The van der Waals surface area contributed by atoms with Crippen molar-refractivity contribution in [2.45, 2.75) is 32.6 Å². The zero-order valence-corrected chi connectivity index (χ0v) is 16.2. The van der Waals surface area contributed by atoms with Crippen LogP contribution in [0.3, 0.4) is 0 Å². The van der Waals surface area contributed by atoms with Gasteiger partial charge >= 0.3 is 0 Å². The normalized spacial score (nSPS) is 11.2. The Balaban J connectivity index is 2.91. The summed E-state index contributed by atoms with van der Waals surface area (Å²) in [5, 5.41) is 0. The maximum atomic E-state index is 5.48. The van der Waals surface area contributed by atoms with Crippen molar-refractivity contribution in [2.75, 3.05) is 70.5 Å². The Morgan fingerprint density at radius 2 is 0.909 bits per heavy atom. The Labute approximate surface area is 149 Å². The van der Waals surface area contributed by atoms with Crippen LogP contribution >= 0.6 is 22.6 Å². The molecule has 0 aliphatic rings. The summed E-state index contributed by atoms with van der Waals surface area (Å²) in [5.41, 5.74) is 0. The van der Waals surface area contributed by atoms with Gasteiger partial charge in [0, 0.05) is 11.0 Å². The van der Waals surface area contributed by atoms with E-state index in [1.54, 1.807) is 0 Å². The van der Waals surface area contributed by atoms with Gasteiger partial charge in [-0.3, -0.25) is 0 Å². The molecule has 0 aromatic heterocycles. The van der Waals surface area contributed by atoms with Gasteiger partial charge in [-0.15, -0.1) is 0 Å². The van der Waals surface area contributed by atoms with E-state index in [9.17, 15) is 0 Å². The summed E-state index contributed by atoms with van der Waals surface area (Å²) in [6, 6.07) is 0. The lowest BCUT2D eigenvalue weighted by atomic mass is 10.2. The smallest absolute Gasteiger partial charge is 0.0701 e. The average molecular weight is 432 g/mol. The second kappa shape index (κ2) is 21.5. The molecule has 0 aliphatic carbocycles. The second-order valence-electron chi connectivity index (χ2n) is 4.81. The highest BCUT2D eigenvalue weighted by atomic mass is 127. The van der Waals surface area contributed by atoms with Gasteiger partial charge in [0.2, 0.25) is 0 Å². The highest BCUT2D eigenvalue weighted by Gasteiger charge is 1.93. The minimum absolute atomic E-state index is 0.601. The first-order valence-electron chi connectivity index (χ1n) is 8.36. The molecular weight excluding hydrogens is 399 g/mol. The minimum Gasteiger partial charge on any atom is -0.379 e. The molecule has 0 heterocycles. The van der Waals surface area contributed by atoms with Crippen molar-refractivity contribution < 1.29 is 23.7 Å². The van der Waals surface area contributed by atoms with Crippen molar-refractivity contribution in [1.82, 2.24) is 0 Å². The van der Waals surface area contributed by atoms with E-state index in [0.29, 0.717) is 52.9 Å². The van der Waals surface area contributed by atoms with E-state index in [2.05, 4.69) is 29.5 Å². The van der Waals surface area contributed by atoms with Crippen molar-refractivity contribution in [3.8, 4) is 0 Å². The molecular formula is C16H33IO5. The highest BCUT2D eigenvalue weighted by molar-refractivity contribution is 14.1. The van der Waals surface area contributed by atoms with Gasteiger partial charge in [0.25, 0.3) is 0 Å². The molecule has 0 spiro atoms. The van der Waals surface area contributed by atoms with Crippen LogP contribution < -0.4 is 0 Å². The summed E-state index contributed by atoms with van der Waals surface area (Å²) in [6.45, 7) is 8.87. The van der Waals surface area contributed by atoms with Crippen molar-refractivity contribution in [3.05, 3.63) is 0 Å². The zero-order chi connectivity index (χ0) is 16.1. The van der Waals surface area contributed by atoms with E-state index in [0.717, 1.165) is 24.1 Å². The molecule has 0 bridgehead atoms. The van der Waals surface area contributed by atoms with E-state index in [-0.39, 0.29) is 0 Å². The molecule has 5 nitrogen and oxygen atoms in total. The van der Waals surface area contributed by atoms with Crippen LogP contribution in [0.5, 0.6) is 0 Å². The number of hydrogen-bond donors (Lipinski definition) is 0. The molecule has 134 valence electrons. The summed E-state index contributed by atoms with van der Waals surface area (Å²) in [6.07, 6.45) is 4.98. The predicted octanol–water partition coefficient (Wildman–Crippen LogP) is 3.08. The molecule has 0 rings (SSSR count). The Morgan fingerprint density at radius 1 is 0.500 bits per heavy atom. The first-order valence-corrected chi connectivity index (χ1v) is 9.89. The molecule has 0 atom stereocenters. The second-order valence-corrected chi connectivity index (χ2v) is 5.89. The summed E-state index contributed by atoms with van der Waals surface area (Å²) >= 11 is 2.29. The monoisotopic (exact) mass is 432 g/mol. The van der Waals surface area contributed by atoms with Crippen LogP contribution in [0, 0.1) is 0 Å². The van der Waals surface area contributed by atoms with Gasteiger partial charge in [-0.05, 0) is 6.42 Å². The third-order valence-electron chi connectivity index (χ3n) is 2.85. The van der Waals surface area contributed by atoms with Gasteiger partial charge in [0.1, 0.15) is 0 Å². The lowest BCUT2D eigenvalue weighted by molar-refractivity contribution is -0.0102. The molecule has 0 aromatic rings. The highest BCUT2D eigenvalue weighted by Crippen LogP contribution is 1.98. The third kappa shape index (κ3) is 20.5. The van der Waals surface area contributed by atoms with Crippen LogP contribution in [-0.2, 0) is 23.7 Å². The fourth-order valence-corrected chi connectivity index (χ4v) is 1.98. The van der Waals surface area contributed by atoms with Crippen LogP contribution in [0.25, 0.3) is 0 Å². The SMILES string of the molecule is CCCCCCOCCOCCOCCOCCOCCI. The van der Waals surface area contributed by atoms with E-state index in [4.69, 9.17) is 23.7 Å². The number of unbranched alkanes of at least 4 members (excludes halogenated alkanes) is 3. The Kier molecular flexibility index (Phi) is 22.0. The molecule has 22 heavy (non-hydrogen) atoms. The van der Waals surface area contributed by atoms with Crippen LogP contribution in [0.2, 0.25) is 0 Å². The number of hydrogen-bond acceptors (Lipinski definition) is 5. The van der Waals surface area contributed by atoms with Crippen molar-refractivity contribution in [3.63, 3.8) is 0 Å². The maximum Gasteiger partial charge on any atom is 0.0701 e. The van der Waals surface area contributed by atoms with Crippen molar-refractivity contribution in [1.29, 1.82) is 0 Å².